The van der Waals surface area contributed by atoms with Crippen molar-refractivity contribution in [3.05, 3.63) is 35.9 Å². The molecule has 6 nitrogen and oxygen atoms in total. The fraction of sp³-hybridized carbons (Fsp3) is 0.478. The number of aryl methyl sites for hydroxylation is 1. The van der Waals surface area contributed by atoms with Gasteiger partial charge in [-0.25, -0.2) is 4.98 Å². The van der Waals surface area contributed by atoms with Gasteiger partial charge in [0, 0.05) is 6.54 Å². The van der Waals surface area contributed by atoms with Crippen LogP contribution < -0.4 is 4.90 Å². The van der Waals surface area contributed by atoms with Crippen molar-refractivity contribution < 1.29 is 14.4 Å². The first kappa shape index (κ1) is 19.4. The number of rotatable bonds is 6. The second-order valence-corrected chi connectivity index (χ2v) is 9.64. The highest BCUT2D eigenvalue weighted by Crippen LogP contribution is 2.52. The van der Waals surface area contributed by atoms with Crippen LogP contribution in [0.2, 0.25) is 0 Å². The lowest BCUT2D eigenvalue weighted by Crippen LogP contribution is -2.44. The van der Waals surface area contributed by atoms with Crippen molar-refractivity contribution in [2.24, 2.45) is 23.7 Å². The molecule has 3 amide bonds. The molecular formula is C23H25N3O3S. The van der Waals surface area contributed by atoms with Crippen molar-refractivity contribution in [2.45, 2.75) is 33.1 Å². The molecule has 30 heavy (non-hydrogen) atoms. The molecule has 1 saturated carbocycles. The Bertz CT molecular complexity index is 1040. The summed E-state index contributed by atoms with van der Waals surface area (Å²) in [7, 11) is 0. The van der Waals surface area contributed by atoms with E-state index < -0.39 is 0 Å². The van der Waals surface area contributed by atoms with E-state index in [1.165, 1.54) is 16.2 Å². The fourth-order valence-corrected chi connectivity index (χ4v) is 6.23. The molecule has 0 N–H and O–H groups in total. The summed E-state index contributed by atoms with van der Waals surface area (Å²) in [6.07, 6.45) is 6.80. The molecule has 1 aromatic heterocycles. The van der Waals surface area contributed by atoms with Crippen molar-refractivity contribution >= 4 is 44.4 Å². The highest BCUT2D eigenvalue weighted by molar-refractivity contribution is 7.22. The van der Waals surface area contributed by atoms with Crippen LogP contribution in [0.4, 0.5) is 5.13 Å². The number of nitrogens with zero attached hydrogens (tertiary/aromatic N) is 3. The number of carbonyl (C=O) groups excluding carboxylic acids is 3. The Hall–Kier alpha value is -2.54. The summed E-state index contributed by atoms with van der Waals surface area (Å²) < 4.78 is 1.03. The van der Waals surface area contributed by atoms with Crippen LogP contribution in [0.1, 0.15) is 31.7 Å². The van der Waals surface area contributed by atoms with Gasteiger partial charge in [0.1, 0.15) is 6.54 Å². The van der Waals surface area contributed by atoms with Gasteiger partial charge in [0.15, 0.2) is 5.13 Å². The predicted octanol–water partition coefficient (Wildman–Crippen LogP) is 3.54. The topological polar surface area (TPSA) is 70.6 Å². The molecule has 4 atom stereocenters. The van der Waals surface area contributed by atoms with Gasteiger partial charge in [0.2, 0.25) is 17.7 Å². The third-order valence-electron chi connectivity index (χ3n) is 6.65. The van der Waals surface area contributed by atoms with Crippen LogP contribution in [0, 0.1) is 30.6 Å². The zero-order valence-electron chi connectivity index (χ0n) is 17.2. The minimum atomic E-state index is -0.269. The fourth-order valence-electron chi connectivity index (χ4n) is 5.12. The molecule has 2 aliphatic carbocycles. The van der Waals surface area contributed by atoms with Gasteiger partial charge >= 0.3 is 0 Å². The number of aromatic nitrogens is 1. The molecule has 2 fully saturated rings. The number of imide groups is 1. The van der Waals surface area contributed by atoms with E-state index in [9.17, 15) is 14.4 Å². The van der Waals surface area contributed by atoms with Crippen LogP contribution in [0.3, 0.4) is 0 Å². The Morgan fingerprint density at radius 2 is 1.90 bits per heavy atom. The van der Waals surface area contributed by atoms with Crippen molar-refractivity contribution in [3.63, 3.8) is 0 Å². The molecule has 5 rings (SSSR count). The first-order valence-corrected chi connectivity index (χ1v) is 11.5. The zero-order chi connectivity index (χ0) is 21.0. The van der Waals surface area contributed by atoms with Gasteiger partial charge in [0.05, 0.1) is 22.1 Å². The van der Waals surface area contributed by atoms with Gasteiger partial charge in [-0.05, 0) is 49.3 Å². The van der Waals surface area contributed by atoms with Crippen molar-refractivity contribution in [2.75, 3.05) is 18.0 Å². The lowest BCUT2D eigenvalue weighted by atomic mass is 9.85. The molecule has 0 unspecified atom stereocenters. The van der Waals surface area contributed by atoms with Crippen molar-refractivity contribution in [1.82, 2.24) is 9.88 Å². The van der Waals surface area contributed by atoms with Gasteiger partial charge in [0.25, 0.3) is 0 Å². The van der Waals surface area contributed by atoms with E-state index in [1.807, 2.05) is 19.1 Å². The summed E-state index contributed by atoms with van der Waals surface area (Å²) in [4.78, 5) is 46.7. The molecule has 2 bridgehead atoms. The van der Waals surface area contributed by atoms with Crippen LogP contribution >= 0.6 is 11.3 Å². The second kappa shape index (κ2) is 7.30. The number of amides is 3. The summed E-state index contributed by atoms with van der Waals surface area (Å²) >= 11 is 1.48. The maximum atomic E-state index is 13.3. The monoisotopic (exact) mass is 423 g/mol. The van der Waals surface area contributed by atoms with Gasteiger partial charge in [-0.2, -0.15) is 0 Å². The molecule has 0 spiro atoms. The summed E-state index contributed by atoms with van der Waals surface area (Å²) in [5, 5.41) is 0.634. The van der Waals surface area contributed by atoms with E-state index in [1.54, 1.807) is 4.90 Å². The van der Waals surface area contributed by atoms with Gasteiger partial charge in [-0.3, -0.25) is 24.2 Å². The van der Waals surface area contributed by atoms with Gasteiger partial charge in [-0.1, -0.05) is 42.9 Å². The van der Waals surface area contributed by atoms with Crippen LogP contribution in [0.15, 0.2) is 30.4 Å². The molecule has 1 saturated heterocycles. The summed E-state index contributed by atoms with van der Waals surface area (Å²) in [6, 6.07) is 6.04. The van der Waals surface area contributed by atoms with Gasteiger partial charge < -0.3 is 0 Å². The summed E-state index contributed by atoms with van der Waals surface area (Å²) in [6.45, 7) is 4.44. The third kappa shape index (κ3) is 2.98. The number of allylic oxidation sites excluding steroid dienone is 2. The molecule has 7 heteroatoms. The molecule has 0 radical (unpaired) electrons. The molecule has 1 aromatic carbocycles. The Labute approximate surface area is 179 Å². The first-order chi connectivity index (χ1) is 14.5. The van der Waals surface area contributed by atoms with Gasteiger partial charge in [-0.15, -0.1) is 0 Å². The number of unbranched alkanes of at least 4 members (excludes halogenated alkanes) is 1. The SMILES string of the molecule is CCCCN(C(=O)CN1C(=O)[C@@H]2[C@@H](C1=O)[C@H]1C=C[C@@H]2C1)c1nc2ccc(C)cc2s1. The molecule has 3 aliphatic rings. The molecular weight excluding hydrogens is 398 g/mol. The number of thiazole rings is 1. The Morgan fingerprint density at radius 3 is 2.57 bits per heavy atom. The van der Waals surface area contributed by atoms with E-state index in [0.29, 0.717) is 11.7 Å². The molecule has 2 aromatic rings. The Morgan fingerprint density at radius 1 is 1.20 bits per heavy atom. The standard InChI is InChI=1S/C23H25N3O3S/c1-3-4-9-25(23-24-16-8-5-13(2)10-17(16)30-23)18(27)12-26-21(28)19-14-6-7-15(11-14)20(19)22(26)29/h5-8,10,14-15,19-20H,3-4,9,11-12H2,1-2H3/t14-,15+,19-,20-/m0/s1. The number of carbonyl (C=O) groups is 3. The average Bonchev–Trinajstić information content (AvgIpc) is 3.48. The van der Waals surface area contributed by atoms with E-state index in [-0.39, 0.29) is 47.9 Å². The lowest BCUT2D eigenvalue weighted by Gasteiger charge is -2.23. The van der Waals surface area contributed by atoms with Crippen molar-refractivity contribution in [1.29, 1.82) is 0 Å². The largest absolute Gasteiger partial charge is 0.287 e. The number of fused-ring (bicyclic) bond motifs is 6. The van der Waals surface area contributed by atoms with Crippen LogP contribution in [0.5, 0.6) is 0 Å². The molecule has 156 valence electrons. The number of hydrogen-bond donors (Lipinski definition) is 0. The highest BCUT2D eigenvalue weighted by atomic mass is 32.1. The molecule has 2 heterocycles. The van der Waals surface area contributed by atoms with Crippen molar-refractivity contribution in [3.8, 4) is 0 Å². The van der Waals surface area contributed by atoms with Crippen LogP contribution in [0.25, 0.3) is 10.2 Å². The zero-order valence-corrected chi connectivity index (χ0v) is 18.0. The lowest BCUT2D eigenvalue weighted by molar-refractivity contribution is -0.143. The summed E-state index contributed by atoms with van der Waals surface area (Å²) in [5.41, 5.74) is 2.01. The third-order valence-corrected chi connectivity index (χ3v) is 7.70. The van der Waals surface area contributed by atoms with E-state index in [4.69, 9.17) is 0 Å². The molecule has 1 aliphatic heterocycles. The minimum Gasteiger partial charge on any atom is -0.287 e. The normalized spacial score (nSPS) is 26.8. The highest BCUT2D eigenvalue weighted by Gasteiger charge is 2.59. The predicted molar refractivity (Wildman–Crippen MR) is 116 cm³/mol. The van der Waals surface area contributed by atoms with E-state index in [0.717, 1.165) is 35.0 Å². The smallest absolute Gasteiger partial charge is 0.248 e. The van der Waals surface area contributed by atoms with Crippen LogP contribution in [-0.2, 0) is 14.4 Å². The number of hydrogen-bond acceptors (Lipinski definition) is 5. The Kier molecular flexibility index (Phi) is 4.73. The van der Waals surface area contributed by atoms with Crippen LogP contribution in [-0.4, -0.2) is 40.7 Å². The number of benzene rings is 1. The maximum Gasteiger partial charge on any atom is 0.248 e. The average molecular weight is 424 g/mol. The Balaban J connectivity index is 1.39. The minimum absolute atomic E-state index is 0.153. The quantitative estimate of drug-likeness (QED) is 0.526. The number of anilines is 1. The summed E-state index contributed by atoms with van der Waals surface area (Å²) in [5.74, 6) is -0.817. The van der Waals surface area contributed by atoms with E-state index in [2.05, 4.69) is 30.1 Å². The number of likely N-dealkylation sites (tertiary alicyclic amines) is 1. The first-order valence-electron chi connectivity index (χ1n) is 10.7. The maximum absolute atomic E-state index is 13.3. The van der Waals surface area contributed by atoms with E-state index >= 15 is 0 Å². The second-order valence-electron chi connectivity index (χ2n) is 8.63.